The summed E-state index contributed by atoms with van der Waals surface area (Å²) in [5.74, 6) is -3.08. The fraction of sp³-hybridized carbons (Fsp3) is 0.455. The van der Waals surface area contributed by atoms with Gasteiger partial charge in [-0.05, 0) is 0 Å². The first kappa shape index (κ1) is 14.0. The van der Waals surface area contributed by atoms with Crippen LogP contribution in [0.5, 0.6) is 0 Å². The fourth-order valence-corrected chi connectivity index (χ4v) is 2.18. The van der Waals surface area contributed by atoms with Gasteiger partial charge in [0.15, 0.2) is 0 Å². The highest BCUT2D eigenvalue weighted by Gasteiger charge is 2.38. The van der Waals surface area contributed by atoms with Gasteiger partial charge < -0.3 is 25.8 Å². The number of nitrogens with two attached hydrogens (primary N) is 1. The average molecular weight is 282 g/mol. The minimum absolute atomic E-state index is 0.0262. The molecule has 5 N–H and O–H groups in total. The maximum Gasteiger partial charge on any atom is 0.326 e. The Morgan fingerprint density at radius 1 is 1.50 bits per heavy atom. The summed E-state index contributed by atoms with van der Waals surface area (Å²) in [6, 6.07) is -2.35. The van der Waals surface area contributed by atoms with Crippen molar-refractivity contribution in [3.63, 3.8) is 0 Å². The quantitative estimate of drug-likeness (QED) is 0.527. The summed E-state index contributed by atoms with van der Waals surface area (Å²) in [5.41, 5.74) is 6.74. The first-order valence-corrected chi connectivity index (χ1v) is 5.92. The molecule has 1 aliphatic rings. The largest absolute Gasteiger partial charge is 0.481 e. The number of rotatable bonds is 4. The lowest BCUT2D eigenvalue weighted by Crippen LogP contribution is -2.54. The minimum Gasteiger partial charge on any atom is -0.481 e. The standard InChI is InChI=1S/C11H14N4O5/c12-5(1-9(16)17)10(18)15-3-7-6(13-4-14-7)2-8(15)11(19)20/h4-5,8H,1-3,12H2,(H,13,14)(H,16,17)(H,19,20). The third kappa shape index (κ3) is 2.62. The number of carbonyl (C=O) groups is 3. The lowest BCUT2D eigenvalue weighted by Gasteiger charge is -2.33. The molecule has 0 aliphatic carbocycles. The van der Waals surface area contributed by atoms with Gasteiger partial charge in [-0.25, -0.2) is 9.78 Å². The summed E-state index contributed by atoms with van der Waals surface area (Å²) in [7, 11) is 0. The van der Waals surface area contributed by atoms with Gasteiger partial charge in [0, 0.05) is 6.42 Å². The number of H-pyrrole nitrogens is 1. The van der Waals surface area contributed by atoms with Gasteiger partial charge in [-0.2, -0.15) is 0 Å². The van der Waals surface area contributed by atoms with Crippen LogP contribution in [0, 0.1) is 0 Å². The fourth-order valence-electron chi connectivity index (χ4n) is 2.18. The number of nitrogens with one attached hydrogen (secondary N) is 1. The van der Waals surface area contributed by atoms with E-state index in [9.17, 15) is 19.5 Å². The van der Waals surface area contributed by atoms with Crippen molar-refractivity contribution < 1.29 is 24.6 Å². The van der Waals surface area contributed by atoms with Gasteiger partial charge in [0.05, 0.1) is 36.7 Å². The molecule has 1 amide bonds. The van der Waals surface area contributed by atoms with Crippen molar-refractivity contribution in [1.29, 1.82) is 0 Å². The number of amides is 1. The molecule has 2 heterocycles. The molecule has 1 aromatic rings. The average Bonchev–Trinajstić information content (AvgIpc) is 2.82. The zero-order valence-corrected chi connectivity index (χ0v) is 10.4. The SMILES string of the molecule is NC(CC(=O)O)C(=O)N1Cc2[nH]cnc2CC1C(=O)O. The molecule has 9 nitrogen and oxygen atoms in total. The second-order valence-electron chi connectivity index (χ2n) is 4.56. The van der Waals surface area contributed by atoms with Crippen LogP contribution in [0.3, 0.4) is 0 Å². The van der Waals surface area contributed by atoms with E-state index in [0.29, 0.717) is 11.4 Å². The van der Waals surface area contributed by atoms with Crippen molar-refractivity contribution in [3.05, 3.63) is 17.7 Å². The summed E-state index contributed by atoms with van der Waals surface area (Å²) >= 11 is 0. The molecule has 0 saturated carbocycles. The first-order chi connectivity index (χ1) is 9.40. The number of fused-ring (bicyclic) bond motifs is 1. The van der Waals surface area contributed by atoms with E-state index < -0.39 is 36.4 Å². The first-order valence-electron chi connectivity index (χ1n) is 5.92. The Morgan fingerprint density at radius 3 is 2.80 bits per heavy atom. The second kappa shape index (κ2) is 5.29. The zero-order chi connectivity index (χ0) is 14.9. The summed E-state index contributed by atoms with van der Waals surface area (Å²) in [4.78, 5) is 41.9. The maximum absolute atomic E-state index is 12.1. The van der Waals surface area contributed by atoms with Gasteiger partial charge in [0.1, 0.15) is 6.04 Å². The molecule has 0 aromatic carbocycles. The maximum atomic E-state index is 12.1. The Bertz CT molecular complexity index is 555. The van der Waals surface area contributed by atoms with Gasteiger partial charge in [-0.3, -0.25) is 9.59 Å². The van der Waals surface area contributed by atoms with Crippen molar-refractivity contribution in [2.24, 2.45) is 5.73 Å². The van der Waals surface area contributed by atoms with Gasteiger partial charge in [-0.15, -0.1) is 0 Å². The second-order valence-corrected chi connectivity index (χ2v) is 4.56. The number of aliphatic carboxylic acids is 2. The number of hydrogen-bond acceptors (Lipinski definition) is 5. The highest BCUT2D eigenvalue weighted by atomic mass is 16.4. The molecule has 2 atom stereocenters. The number of carboxylic acids is 2. The van der Waals surface area contributed by atoms with Crippen LogP contribution in [-0.4, -0.2) is 55.0 Å². The number of aromatic amines is 1. The Balaban J connectivity index is 2.22. The Morgan fingerprint density at radius 2 is 2.20 bits per heavy atom. The minimum atomic E-state index is -1.26. The van der Waals surface area contributed by atoms with Gasteiger partial charge in [-0.1, -0.05) is 0 Å². The molecule has 2 rings (SSSR count). The molecular formula is C11H14N4O5. The zero-order valence-electron chi connectivity index (χ0n) is 10.4. The lowest BCUT2D eigenvalue weighted by atomic mass is 10.0. The van der Waals surface area contributed by atoms with Crippen LogP contribution in [0.2, 0.25) is 0 Å². The van der Waals surface area contributed by atoms with E-state index in [4.69, 9.17) is 10.8 Å². The Kier molecular flexibility index (Phi) is 3.70. The lowest BCUT2D eigenvalue weighted by molar-refractivity contribution is -0.152. The van der Waals surface area contributed by atoms with E-state index in [-0.39, 0.29) is 13.0 Å². The molecule has 2 unspecified atom stereocenters. The topological polar surface area (TPSA) is 150 Å². The Hall–Kier alpha value is -2.42. The van der Waals surface area contributed by atoms with Crippen LogP contribution in [0.25, 0.3) is 0 Å². The summed E-state index contributed by atoms with van der Waals surface area (Å²) < 4.78 is 0. The molecule has 0 radical (unpaired) electrons. The number of imidazole rings is 1. The van der Waals surface area contributed by atoms with E-state index in [2.05, 4.69) is 9.97 Å². The summed E-state index contributed by atoms with van der Waals surface area (Å²) in [5, 5.41) is 17.8. The number of nitrogens with zero attached hydrogens (tertiary/aromatic N) is 2. The number of carboxylic acid groups (broad SMARTS) is 2. The third-order valence-corrected chi connectivity index (χ3v) is 3.18. The highest BCUT2D eigenvalue weighted by molar-refractivity contribution is 5.89. The molecule has 1 aliphatic heterocycles. The van der Waals surface area contributed by atoms with E-state index in [1.54, 1.807) is 0 Å². The van der Waals surface area contributed by atoms with Gasteiger partial charge in [0.25, 0.3) is 0 Å². The van der Waals surface area contributed by atoms with Crippen molar-refractivity contribution in [2.45, 2.75) is 31.5 Å². The highest BCUT2D eigenvalue weighted by Crippen LogP contribution is 2.21. The van der Waals surface area contributed by atoms with Crippen LogP contribution in [0.1, 0.15) is 17.8 Å². The summed E-state index contributed by atoms with van der Waals surface area (Å²) in [6.07, 6.45) is 0.950. The molecule has 1 aromatic heterocycles. The van der Waals surface area contributed by atoms with Crippen LogP contribution in [0.15, 0.2) is 6.33 Å². The van der Waals surface area contributed by atoms with E-state index >= 15 is 0 Å². The molecule has 0 spiro atoms. The third-order valence-electron chi connectivity index (χ3n) is 3.18. The molecule has 108 valence electrons. The smallest absolute Gasteiger partial charge is 0.326 e. The van der Waals surface area contributed by atoms with E-state index in [0.717, 1.165) is 4.90 Å². The van der Waals surface area contributed by atoms with Gasteiger partial charge >= 0.3 is 11.9 Å². The van der Waals surface area contributed by atoms with Crippen LogP contribution in [-0.2, 0) is 27.3 Å². The van der Waals surface area contributed by atoms with Crippen molar-refractivity contribution in [3.8, 4) is 0 Å². The molecule has 0 fully saturated rings. The van der Waals surface area contributed by atoms with Crippen LogP contribution in [0.4, 0.5) is 0 Å². The summed E-state index contributed by atoms with van der Waals surface area (Å²) in [6.45, 7) is 0.0262. The predicted octanol–water partition coefficient (Wildman–Crippen LogP) is -1.45. The Labute approximate surface area is 113 Å². The predicted molar refractivity (Wildman–Crippen MR) is 64.5 cm³/mol. The van der Waals surface area contributed by atoms with Crippen molar-refractivity contribution in [2.75, 3.05) is 0 Å². The molecule has 0 saturated heterocycles. The molecule has 0 bridgehead atoms. The van der Waals surface area contributed by atoms with E-state index in [1.807, 2.05) is 0 Å². The monoisotopic (exact) mass is 282 g/mol. The van der Waals surface area contributed by atoms with Crippen LogP contribution >= 0.6 is 0 Å². The molecule has 20 heavy (non-hydrogen) atoms. The van der Waals surface area contributed by atoms with Crippen LogP contribution < -0.4 is 5.73 Å². The van der Waals surface area contributed by atoms with Crippen molar-refractivity contribution >= 4 is 17.8 Å². The normalized spacial score (nSPS) is 19.2. The molecular weight excluding hydrogens is 268 g/mol. The van der Waals surface area contributed by atoms with Gasteiger partial charge in [0.2, 0.25) is 5.91 Å². The van der Waals surface area contributed by atoms with E-state index in [1.165, 1.54) is 6.33 Å². The number of hydrogen-bond donors (Lipinski definition) is 4. The number of aromatic nitrogens is 2. The number of carbonyl (C=O) groups excluding carboxylic acids is 1. The van der Waals surface area contributed by atoms with Crippen molar-refractivity contribution in [1.82, 2.24) is 14.9 Å². The molecule has 9 heteroatoms.